The standard InChI is InChI=1S/C20H24FN3O/c1-15-3-6-18(13-16(15)2)22-20(25)14-23-9-11-24(12-10-23)19-7-4-17(21)5-8-19/h3-8,13H,9-12,14H2,1-2H3,(H,22,25)/p+1. The molecule has 1 aliphatic rings. The number of aryl methyl sites for hydroxylation is 2. The highest BCUT2D eigenvalue weighted by Gasteiger charge is 2.22. The van der Waals surface area contributed by atoms with Gasteiger partial charge in [0.2, 0.25) is 0 Å². The summed E-state index contributed by atoms with van der Waals surface area (Å²) in [7, 11) is 0. The number of nitrogens with zero attached hydrogens (tertiary/aromatic N) is 1. The average Bonchev–Trinajstić information content (AvgIpc) is 2.60. The molecule has 0 unspecified atom stereocenters. The zero-order valence-corrected chi connectivity index (χ0v) is 14.8. The van der Waals surface area contributed by atoms with E-state index in [-0.39, 0.29) is 11.7 Å². The lowest BCUT2D eigenvalue weighted by Crippen LogP contribution is -3.15. The van der Waals surface area contributed by atoms with Gasteiger partial charge in [-0.05, 0) is 61.4 Å². The minimum absolute atomic E-state index is 0.0495. The molecule has 4 nitrogen and oxygen atoms in total. The Morgan fingerprint density at radius 2 is 1.76 bits per heavy atom. The van der Waals surface area contributed by atoms with Crippen molar-refractivity contribution in [3.05, 3.63) is 59.4 Å². The molecule has 1 fully saturated rings. The van der Waals surface area contributed by atoms with Crippen LogP contribution in [0.15, 0.2) is 42.5 Å². The summed E-state index contributed by atoms with van der Waals surface area (Å²) in [5, 5.41) is 2.99. The molecule has 1 amide bonds. The second-order valence-corrected chi connectivity index (χ2v) is 6.74. The molecule has 0 atom stereocenters. The van der Waals surface area contributed by atoms with Crippen LogP contribution < -0.4 is 15.1 Å². The fourth-order valence-electron chi connectivity index (χ4n) is 3.16. The van der Waals surface area contributed by atoms with E-state index in [2.05, 4.69) is 17.1 Å². The van der Waals surface area contributed by atoms with E-state index in [4.69, 9.17) is 0 Å². The maximum Gasteiger partial charge on any atom is 0.279 e. The van der Waals surface area contributed by atoms with Crippen molar-refractivity contribution in [1.82, 2.24) is 0 Å². The van der Waals surface area contributed by atoms with Gasteiger partial charge in [0.25, 0.3) is 5.91 Å². The first-order valence-electron chi connectivity index (χ1n) is 8.72. The van der Waals surface area contributed by atoms with Crippen molar-refractivity contribution in [2.24, 2.45) is 0 Å². The molecule has 0 bridgehead atoms. The third-order valence-corrected chi connectivity index (χ3v) is 4.86. The number of rotatable bonds is 4. The van der Waals surface area contributed by atoms with Crippen molar-refractivity contribution in [3.8, 4) is 0 Å². The number of amides is 1. The van der Waals surface area contributed by atoms with Crippen molar-refractivity contribution < 1.29 is 14.1 Å². The summed E-state index contributed by atoms with van der Waals surface area (Å²) in [5.74, 6) is -0.162. The van der Waals surface area contributed by atoms with Gasteiger partial charge in [0.05, 0.1) is 26.2 Å². The van der Waals surface area contributed by atoms with Crippen LogP contribution in [-0.2, 0) is 4.79 Å². The van der Waals surface area contributed by atoms with Gasteiger partial charge in [-0.15, -0.1) is 0 Å². The molecule has 0 spiro atoms. The molecule has 0 saturated carbocycles. The van der Waals surface area contributed by atoms with Gasteiger partial charge in [0, 0.05) is 11.4 Å². The van der Waals surface area contributed by atoms with E-state index in [9.17, 15) is 9.18 Å². The highest BCUT2D eigenvalue weighted by Crippen LogP contribution is 2.15. The number of carbonyl (C=O) groups is 1. The molecule has 0 aromatic heterocycles. The summed E-state index contributed by atoms with van der Waals surface area (Å²) in [6, 6.07) is 12.6. The highest BCUT2D eigenvalue weighted by molar-refractivity contribution is 5.91. The van der Waals surface area contributed by atoms with E-state index < -0.39 is 0 Å². The molecule has 2 N–H and O–H groups in total. The topological polar surface area (TPSA) is 36.8 Å². The van der Waals surface area contributed by atoms with Gasteiger partial charge >= 0.3 is 0 Å². The van der Waals surface area contributed by atoms with E-state index in [1.165, 1.54) is 28.2 Å². The zero-order chi connectivity index (χ0) is 17.8. The summed E-state index contributed by atoms with van der Waals surface area (Å²) in [6.45, 7) is 8.13. The number of hydrogen-bond acceptors (Lipinski definition) is 2. The van der Waals surface area contributed by atoms with Crippen LogP contribution >= 0.6 is 0 Å². The first-order chi connectivity index (χ1) is 12.0. The van der Waals surface area contributed by atoms with E-state index in [1.54, 1.807) is 0 Å². The van der Waals surface area contributed by atoms with Crippen LogP contribution in [-0.4, -0.2) is 38.6 Å². The van der Waals surface area contributed by atoms with Gasteiger partial charge in [-0.1, -0.05) is 6.07 Å². The van der Waals surface area contributed by atoms with Crippen molar-refractivity contribution in [3.63, 3.8) is 0 Å². The van der Waals surface area contributed by atoms with Crippen LogP contribution in [0.4, 0.5) is 15.8 Å². The Kier molecular flexibility index (Phi) is 5.34. The van der Waals surface area contributed by atoms with Crippen molar-refractivity contribution in [1.29, 1.82) is 0 Å². The predicted molar refractivity (Wildman–Crippen MR) is 98.7 cm³/mol. The lowest BCUT2D eigenvalue weighted by Gasteiger charge is -2.33. The van der Waals surface area contributed by atoms with E-state index in [0.717, 1.165) is 37.6 Å². The highest BCUT2D eigenvalue weighted by atomic mass is 19.1. The largest absolute Gasteiger partial charge is 0.360 e. The molecular weight excluding hydrogens is 317 g/mol. The molecule has 0 radical (unpaired) electrons. The number of nitrogens with one attached hydrogen (secondary N) is 2. The third-order valence-electron chi connectivity index (χ3n) is 4.86. The molecular formula is C20H25FN3O+. The van der Waals surface area contributed by atoms with E-state index >= 15 is 0 Å². The van der Waals surface area contributed by atoms with Crippen LogP contribution in [0.1, 0.15) is 11.1 Å². The van der Waals surface area contributed by atoms with Gasteiger partial charge in [0.1, 0.15) is 5.82 Å². The number of anilines is 2. The van der Waals surface area contributed by atoms with E-state index in [1.807, 2.05) is 37.3 Å². The summed E-state index contributed by atoms with van der Waals surface area (Å²) < 4.78 is 13.0. The lowest BCUT2D eigenvalue weighted by atomic mass is 10.1. The minimum Gasteiger partial charge on any atom is -0.360 e. The van der Waals surface area contributed by atoms with Crippen molar-refractivity contribution in [2.45, 2.75) is 13.8 Å². The molecule has 0 aliphatic carbocycles. The monoisotopic (exact) mass is 342 g/mol. The smallest absolute Gasteiger partial charge is 0.279 e. The Bertz CT molecular complexity index is 737. The summed E-state index contributed by atoms with van der Waals surface area (Å²) in [5.41, 5.74) is 4.30. The summed E-state index contributed by atoms with van der Waals surface area (Å²) >= 11 is 0. The van der Waals surface area contributed by atoms with Crippen LogP contribution in [0.2, 0.25) is 0 Å². The molecule has 1 saturated heterocycles. The molecule has 132 valence electrons. The van der Waals surface area contributed by atoms with Gasteiger partial charge in [-0.2, -0.15) is 0 Å². The maximum absolute atomic E-state index is 13.0. The molecule has 2 aromatic rings. The number of quaternary nitrogens is 1. The molecule has 3 rings (SSSR count). The zero-order valence-electron chi connectivity index (χ0n) is 14.8. The Labute approximate surface area is 148 Å². The summed E-state index contributed by atoms with van der Waals surface area (Å²) in [4.78, 5) is 15.8. The van der Waals surface area contributed by atoms with Crippen LogP contribution in [0.5, 0.6) is 0 Å². The SMILES string of the molecule is Cc1ccc(NC(=O)C[NH+]2CCN(c3ccc(F)cc3)CC2)cc1C. The Morgan fingerprint density at radius 3 is 2.40 bits per heavy atom. The first-order valence-corrected chi connectivity index (χ1v) is 8.72. The normalized spacial score (nSPS) is 15.2. The molecule has 1 aliphatic heterocycles. The van der Waals surface area contributed by atoms with Crippen LogP contribution in [0.3, 0.4) is 0 Å². The number of carbonyl (C=O) groups excluding carboxylic acids is 1. The number of piperazine rings is 1. The Morgan fingerprint density at radius 1 is 1.08 bits per heavy atom. The third kappa shape index (κ3) is 4.57. The second kappa shape index (κ2) is 7.66. The average molecular weight is 342 g/mol. The molecule has 1 heterocycles. The van der Waals surface area contributed by atoms with Crippen molar-refractivity contribution in [2.75, 3.05) is 42.9 Å². The fraction of sp³-hybridized carbons (Fsp3) is 0.350. The second-order valence-electron chi connectivity index (χ2n) is 6.74. The lowest BCUT2D eigenvalue weighted by molar-refractivity contribution is -0.892. The van der Waals surface area contributed by atoms with Gasteiger partial charge < -0.3 is 15.1 Å². The maximum atomic E-state index is 13.0. The van der Waals surface area contributed by atoms with Crippen molar-refractivity contribution >= 4 is 17.3 Å². The quantitative estimate of drug-likeness (QED) is 0.889. The number of hydrogen-bond donors (Lipinski definition) is 2. The van der Waals surface area contributed by atoms with Gasteiger partial charge in [-0.25, -0.2) is 4.39 Å². The minimum atomic E-state index is -0.212. The first kappa shape index (κ1) is 17.4. The van der Waals surface area contributed by atoms with Gasteiger partial charge in [0.15, 0.2) is 6.54 Å². The fourth-order valence-corrected chi connectivity index (χ4v) is 3.16. The Hall–Kier alpha value is -2.40. The van der Waals surface area contributed by atoms with Gasteiger partial charge in [-0.3, -0.25) is 4.79 Å². The molecule has 5 heteroatoms. The van der Waals surface area contributed by atoms with E-state index in [0.29, 0.717) is 6.54 Å². The number of halogens is 1. The number of benzene rings is 2. The predicted octanol–water partition coefficient (Wildman–Crippen LogP) is 1.79. The van der Waals surface area contributed by atoms with Crippen LogP contribution in [0.25, 0.3) is 0 Å². The summed E-state index contributed by atoms with van der Waals surface area (Å²) in [6.07, 6.45) is 0. The molecule has 25 heavy (non-hydrogen) atoms. The molecule has 2 aromatic carbocycles. The van der Waals surface area contributed by atoms with Crippen LogP contribution in [0, 0.1) is 19.7 Å². The Balaban J connectivity index is 1.49.